The molecular weight excluding hydrogens is 410 g/mol. The molecule has 0 amide bonds. The van der Waals surface area contributed by atoms with E-state index < -0.39 is 5.60 Å². The summed E-state index contributed by atoms with van der Waals surface area (Å²) in [5.74, 6) is 0.0901. The fraction of sp³-hybridized carbons (Fsp3) is 0.500. The summed E-state index contributed by atoms with van der Waals surface area (Å²) in [6.07, 6.45) is 5.13. The number of alkyl halides is 1. The van der Waals surface area contributed by atoms with Crippen molar-refractivity contribution in [3.05, 3.63) is 47.0 Å². The largest absolute Gasteiger partial charge is 0.387 e. The molecule has 1 aromatic carbocycles. The van der Waals surface area contributed by atoms with E-state index in [1.54, 1.807) is 11.0 Å². The molecule has 3 atom stereocenters. The van der Waals surface area contributed by atoms with Gasteiger partial charge in [0.05, 0.1) is 12.1 Å². The van der Waals surface area contributed by atoms with Crippen LogP contribution in [0.3, 0.4) is 0 Å². The van der Waals surface area contributed by atoms with Gasteiger partial charge in [-0.3, -0.25) is 4.68 Å². The van der Waals surface area contributed by atoms with Gasteiger partial charge in [0.1, 0.15) is 12.7 Å². The Morgan fingerprint density at radius 3 is 2.68 bits per heavy atom. The van der Waals surface area contributed by atoms with Crippen molar-refractivity contribution in [3.8, 4) is 0 Å². The summed E-state index contributed by atoms with van der Waals surface area (Å²) in [6, 6.07) is 8.27. The molecule has 118 valence electrons. The van der Waals surface area contributed by atoms with Gasteiger partial charge in [0.15, 0.2) is 0 Å². The highest BCUT2D eigenvalue weighted by Crippen LogP contribution is 2.55. The molecule has 1 aliphatic rings. The van der Waals surface area contributed by atoms with Gasteiger partial charge < -0.3 is 5.11 Å². The van der Waals surface area contributed by atoms with Gasteiger partial charge in [-0.15, -0.1) is 0 Å². The van der Waals surface area contributed by atoms with Crippen LogP contribution in [0, 0.1) is 5.41 Å². The second kappa shape index (κ2) is 6.06. The van der Waals surface area contributed by atoms with Gasteiger partial charge >= 0.3 is 0 Å². The second-order valence-electron chi connectivity index (χ2n) is 6.35. The van der Waals surface area contributed by atoms with Gasteiger partial charge in [-0.1, -0.05) is 50.9 Å². The van der Waals surface area contributed by atoms with E-state index in [1.165, 1.54) is 11.9 Å². The van der Waals surface area contributed by atoms with Crippen molar-refractivity contribution in [2.24, 2.45) is 5.41 Å². The monoisotopic (exact) mass is 427 g/mol. The molecule has 1 N–H and O–H groups in total. The van der Waals surface area contributed by atoms with Gasteiger partial charge in [-0.25, -0.2) is 4.98 Å². The lowest BCUT2D eigenvalue weighted by atomic mass is 9.72. The average molecular weight is 429 g/mol. The van der Waals surface area contributed by atoms with Crippen molar-refractivity contribution in [3.63, 3.8) is 0 Å². The fourth-order valence-electron chi connectivity index (χ4n) is 3.52. The highest BCUT2D eigenvalue weighted by molar-refractivity contribution is 9.10. The first-order valence-electron chi connectivity index (χ1n) is 7.35. The van der Waals surface area contributed by atoms with E-state index in [4.69, 9.17) is 0 Å². The molecule has 4 nitrogen and oxygen atoms in total. The minimum atomic E-state index is -0.863. The summed E-state index contributed by atoms with van der Waals surface area (Å²) in [5.41, 5.74) is 0.116. The van der Waals surface area contributed by atoms with Crippen molar-refractivity contribution in [2.75, 3.05) is 5.33 Å². The SMILES string of the molecule is CC1(CBr)CCC(c2ccc(Br)cc2)C1(O)Cn1cncn1. The zero-order valence-corrected chi connectivity index (χ0v) is 15.6. The number of nitrogens with zero attached hydrogens (tertiary/aromatic N) is 3. The average Bonchev–Trinajstić information content (AvgIpc) is 3.09. The van der Waals surface area contributed by atoms with Crippen LogP contribution in [0.15, 0.2) is 41.4 Å². The highest BCUT2D eigenvalue weighted by atomic mass is 79.9. The van der Waals surface area contributed by atoms with Crippen molar-refractivity contribution in [1.82, 2.24) is 14.8 Å². The predicted octanol–water partition coefficient (Wildman–Crippen LogP) is 3.75. The second-order valence-corrected chi connectivity index (χ2v) is 7.83. The maximum Gasteiger partial charge on any atom is 0.137 e. The molecule has 6 heteroatoms. The van der Waals surface area contributed by atoms with E-state index in [-0.39, 0.29) is 11.3 Å². The van der Waals surface area contributed by atoms with Crippen molar-refractivity contribution >= 4 is 31.9 Å². The van der Waals surface area contributed by atoms with Crippen LogP contribution in [0.2, 0.25) is 0 Å². The summed E-state index contributed by atoms with van der Waals surface area (Å²) in [4.78, 5) is 4.00. The lowest BCUT2D eigenvalue weighted by molar-refractivity contribution is -0.0684. The van der Waals surface area contributed by atoms with Crippen LogP contribution in [0.1, 0.15) is 31.2 Å². The third kappa shape index (κ3) is 2.65. The topological polar surface area (TPSA) is 50.9 Å². The quantitative estimate of drug-likeness (QED) is 0.754. The van der Waals surface area contributed by atoms with Crippen LogP contribution >= 0.6 is 31.9 Å². The summed E-state index contributed by atoms with van der Waals surface area (Å²) in [5, 5.41) is 16.6. The van der Waals surface area contributed by atoms with E-state index >= 15 is 0 Å². The number of benzene rings is 1. The van der Waals surface area contributed by atoms with Crippen LogP contribution in [0.4, 0.5) is 0 Å². The Morgan fingerprint density at radius 1 is 1.36 bits per heavy atom. The lowest BCUT2D eigenvalue weighted by Gasteiger charge is -2.42. The first-order chi connectivity index (χ1) is 10.5. The molecule has 1 heterocycles. The molecule has 3 rings (SSSR count). The van der Waals surface area contributed by atoms with Crippen LogP contribution in [0.25, 0.3) is 0 Å². The summed E-state index contributed by atoms with van der Waals surface area (Å²) < 4.78 is 2.79. The zero-order chi connectivity index (χ0) is 15.8. The number of hydrogen-bond donors (Lipinski definition) is 1. The number of halogens is 2. The number of rotatable bonds is 4. The number of hydrogen-bond acceptors (Lipinski definition) is 3. The summed E-state index contributed by atoms with van der Waals surface area (Å²) >= 11 is 7.09. The van der Waals surface area contributed by atoms with Gasteiger partial charge in [-0.05, 0) is 30.5 Å². The Labute approximate surface area is 147 Å². The van der Waals surface area contributed by atoms with E-state index in [2.05, 4.69) is 61.0 Å². The first-order valence-corrected chi connectivity index (χ1v) is 9.26. The molecule has 0 radical (unpaired) electrons. The highest BCUT2D eigenvalue weighted by Gasteiger charge is 2.56. The van der Waals surface area contributed by atoms with Crippen molar-refractivity contribution < 1.29 is 5.11 Å². The van der Waals surface area contributed by atoms with Crippen LogP contribution in [-0.2, 0) is 6.54 Å². The first kappa shape index (κ1) is 16.1. The Balaban J connectivity index is 1.99. The third-order valence-corrected chi connectivity index (χ3v) is 6.81. The predicted molar refractivity (Wildman–Crippen MR) is 93.0 cm³/mol. The molecule has 1 fully saturated rings. The standard InChI is InChI=1S/C16H19Br2N3O/c1-15(8-17)7-6-14(12-2-4-13(18)5-3-12)16(15,22)9-21-11-19-10-20-21/h2-5,10-11,14,22H,6-9H2,1H3. The zero-order valence-electron chi connectivity index (χ0n) is 12.4. The molecule has 1 aliphatic carbocycles. The molecule has 2 aromatic rings. The third-order valence-electron chi connectivity index (χ3n) is 5.04. The molecule has 0 aliphatic heterocycles. The molecule has 1 aromatic heterocycles. The molecule has 1 saturated carbocycles. The van der Waals surface area contributed by atoms with E-state index in [1.807, 2.05) is 12.1 Å². The number of aliphatic hydroxyl groups is 1. The summed E-state index contributed by atoms with van der Waals surface area (Å²) in [6.45, 7) is 2.60. The van der Waals surface area contributed by atoms with Crippen LogP contribution < -0.4 is 0 Å². The Hall–Kier alpha value is -0.720. The van der Waals surface area contributed by atoms with Gasteiger partial charge in [-0.2, -0.15) is 5.10 Å². The minimum absolute atomic E-state index is 0.0901. The van der Waals surface area contributed by atoms with Crippen LogP contribution in [-0.4, -0.2) is 30.8 Å². The van der Waals surface area contributed by atoms with E-state index in [9.17, 15) is 5.11 Å². The molecule has 0 saturated heterocycles. The molecule has 22 heavy (non-hydrogen) atoms. The summed E-state index contributed by atoms with van der Waals surface area (Å²) in [7, 11) is 0. The number of aromatic nitrogens is 3. The maximum atomic E-state index is 11.6. The Morgan fingerprint density at radius 2 is 2.09 bits per heavy atom. The van der Waals surface area contributed by atoms with E-state index in [0.717, 1.165) is 22.6 Å². The fourth-order valence-corrected chi connectivity index (χ4v) is 4.55. The maximum absolute atomic E-state index is 11.6. The Kier molecular flexibility index (Phi) is 4.45. The van der Waals surface area contributed by atoms with Crippen molar-refractivity contribution in [2.45, 2.75) is 37.8 Å². The minimum Gasteiger partial charge on any atom is -0.387 e. The molecule has 3 unspecified atom stereocenters. The van der Waals surface area contributed by atoms with Crippen molar-refractivity contribution in [1.29, 1.82) is 0 Å². The normalized spacial score (nSPS) is 31.5. The van der Waals surface area contributed by atoms with Gasteiger partial charge in [0.2, 0.25) is 0 Å². The van der Waals surface area contributed by atoms with Gasteiger partial charge in [0.25, 0.3) is 0 Å². The van der Waals surface area contributed by atoms with E-state index in [0.29, 0.717) is 6.54 Å². The van der Waals surface area contributed by atoms with Crippen LogP contribution in [0.5, 0.6) is 0 Å². The smallest absolute Gasteiger partial charge is 0.137 e. The van der Waals surface area contributed by atoms with Gasteiger partial charge in [0, 0.05) is 21.1 Å². The lowest BCUT2D eigenvalue weighted by Crippen LogP contribution is -2.50. The molecule has 0 bridgehead atoms. The molecular formula is C16H19Br2N3O. The molecule has 0 spiro atoms. The Bertz CT molecular complexity index is 631.